The molecule has 1 N–H and O–H groups in total. The Morgan fingerprint density at radius 3 is 2.44 bits per heavy atom. The Morgan fingerprint density at radius 1 is 1.25 bits per heavy atom. The highest BCUT2D eigenvalue weighted by molar-refractivity contribution is 8.00. The molecule has 3 nitrogen and oxygen atoms in total. The highest BCUT2D eigenvalue weighted by atomic mass is 32.2. The van der Waals surface area contributed by atoms with Crippen molar-refractivity contribution >= 4 is 23.4 Å². The molecule has 1 aliphatic rings. The van der Waals surface area contributed by atoms with Crippen LogP contribution in [-0.2, 0) is 4.79 Å². The van der Waals surface area contributed by atoms with E-state index in [-0.39, 0.29) is 5.75 Å². The molecule has 2 rings (SSSR count). The van der Waals surface area contributed by atoms with E-state index in [1.165, 1.54) is 30.3 Å². The summed E-state index contributed by atoms with van der Waals surface area (Å²) in [5, 5.41) is 8.57. The third-order valence-electron chi connectivity index (χ3n) is 2.67. The summed E-state index contributed by atoms with van der Waals surface area (Å²) in [5.74, 6) is -0.642. The van der Waals surface area contributed by atoms with Gasteiger partial charge in [-0.1, -0.05) is 0 Å². The molecule has 1 aromatic carbocycles. The van der Waals surface area contributed by atoms with Gasteiger partial charge in [0.15, 0.2) is 0 Å². The fourth-order valence-corrected chi connectivity index (χ4v) is 2.49. The van der Waals surface area contributed by atoms with Crippen LogP contribution in [0.5, 0.6) is 0 Å². The van der Waals surface area contributed by atoms with Crippen molar-refractivity contribution in [3.05, 3.63) is 24.3 Å². The molecule has 1 saturated heterocycles. The number of hydrogen-bond acceptors (Lipinski definition) is 3. The molecule has 0 aliphatic carbocycles. The second-order valence-corrected chi connectivity index (χ2v) is 4.92. The van der Waals surface area contributed by atoms with Crippen LogP contribution in [0, 0.1) is 0 Å². The first-order chi connectivity index (χ1) is 7.75. The zero-order valence-electron chi connectivity index (χ0n) is 9.06. The van der Waals surface area contributed by atoms with Gasteiger partial charge in [-0.15, -0.1) is 11.8 Å². The number of carboxylic acid groups (broad SMARTS) is 1. The molecule has 0 radical (unpaired) electrons. The van der Waals surface area contributed by atoms with Crippen LogP contribution in [0.3, 0.4) is 0 Å². The third kappa shape index (κ3) is 2.92. The summed E-state index contributed by atoms with van der Waals surface area (Å²) < 4.78 is 0. The van der Waals surface area contributed by atoms with Gasteiger partial charge in [-0.25, -0.2) is 0 Å². The zero-order valence-corrected chi connectivity index (χ0v) is 9.87. The number of hydrogen-bond donors (Lipinski definition) is 1. The summed E-state index contributed by atoms with van der Waals surface area (Å²) >= 11 is 1.36. The van der Waals surface area contributed by atoms with Gasteiger partial charge in [-0.05, 0) is 37.1 Å². The second-order valence-electron chi connectivity index (χ2n) is 3.87. The predicted octanol–water partition coefficient (Wildman–Crippen LogP) is 2.46. The van der Waals surface area contributed by atoms with E-state index in [2.05, 4.69) is 17.0 Å². The number of nitrogens with zero attached hydrogens (tertiary/aromatic N) is 1. The van der Waals surface area contributed by atoms with Crippen LogP contribution in [0.25, 0.3) is 0 Å². The van der Waals surface area contributed by atoms with Crippen LogP contribution in [-0.4, -0.2) is 29.9 Å². The molecule has 0 bridgehead atoms. The van der Waals surface area contributed by atoms with Crippen LogP contribution < -0.4 is 4.90 Å². The molecule has 1 aromatic rings. The minimum Gasteiger partial charge on any atom is -0.481 e. The molecule has 4 heteroatoms. The van der Waals surface area contributed by atoms with Crippen molar-refractivity contribution in [3.8, 4) is 0 Å². The molecule has 0 unspecified atom stereocenters. The van der Waals surface area contributed by atoms with Crippen LogP contribution in [0.4, 0.5) is 5.69 Å². The molecule has 16 heavy (non-hydrogen) atoms. The highest BCUT2D eigenvalue weighted by Gasteiger charge is 2.11. The smallest absolute Gasteiger partial charge is 0.313 e. The van der Waals surface area contributed by atoms with E-state index in [1.807, 2.05) is 12.1 Å². The standard InChI is InChI=1S/C12H15NO2S/c14-12(15)9-16-11-5-3-10(4-6-11)13-7-1-2-8-13/h3-6H,1-2,7-9H2,(H,14,15). The normalized spacial score (nSPS) is 15.4. The van der Waals surface area contributed by atoms with Gasteiger partial charge in [0.1, 0.15) is 0 Å². The Balaban J connectivity index is 1.95. The average Bonchev–Trinajstić information content (AvgIpc) is 2.80. The SMILES string of the molecule is O=C(O)CSc1ccc(N2CCCC2)cc1. The van der Waals surface area contributed by atoms with Gasteiger partial charge in [0, 0.05) is 23.7 Å². The number of carboxylic acids is 1. The quantitative estimate of drug-likeness (QED) is 0.817. The van der Waals surface area contributed by atoms with Gasteiger partial charge in [0.05, 0.1) is 5.75 Å². The van der Waals surface area contributed by atoms with Gasteiger partial charge >= 0.3 is 5.97 Å². The third-order valence-corrected chi connectivity index (χ3v) is 3.67. The van der Waals surface area contributed by atoms with Gasteiger partial charge in [-0.3, -0.25) is 4.79 Å². The Labute approximate surface area is 99.5 Å². The van der Waals surface area contributed by atoms with Crippen LogP contribution in [0.1, 0.15) is 12.8 Å². The minimum atomic E-state index is -0.770. The van der Waals surface area contributed by atoms with Crippen LogP contribution >= 0.6 is 11.8 Å². The van der Waals surface area contributed by atoms with Crippen LogP contribution in [0.15, 0.2) is 29.2 Å². The van der Waals surface area contributed by atoms with E-state index in [4.69, 9.17) is 5.11 Å². The lowest BCUT2D eigenvalue weighted by Gasteiger charge is -2.17. The average molecular weight is 237 g/mol. The molecule has 0 aromatic heterocycles. The van der Waals surface area contributed by atoms with Crippen molar-refractivity contribution in [3.63, 3.8) is 0 Å². The Bertz CT molecular complexity index is 358. The monoisotopic (exact) mass is 237 g/mol. The highest BCUT2D eigenvalue weighted by Crippen LogP contribution is 2.24. The molecule has 0 atom stereocenters. The molecule has 0 amide bonds. The first-order valence-corrected chi connectivity index (χ1v) is 6.44. The summed E-state index contributed by atoms with van der Waals surface area (Å²) in [4.78, 5) is 13.8. The van der Waals surface area contributed by atoms with Crippen molar-refractivity contribution < 1.29 is 9.90 Å². The summed E-state index contributed by atoms with van der Waals surface area (Å²) in [5.41, 5.74) is 1.25. The number of thioether (sulfide) groups is 1. The van der Waals surface area contributed by atoms with Gasteiger partial charge in [-0.2, -0.15) is 0 Å². The molecule has 0 saturated carbocycles. The lowest BCUT2D eigenvalue weighted by Crippen LogP contribution is -2.17. The Kier molecular flexibility index (Phi) is 3.72. The van der Waals surface area contributed by atoms with E-state index < -0.39 is 5.97 Å². The number of anilines is 1. The molecule has 86 valence electrons. The van der Waals surface area contributed by atoms with Gasteiger partial charge in [0.2, 0.25) is 0 Å². The van der Waals surface area contributed by atoms with Crippen molar-refractivity contribution in [1.29, 1.82) is 0 Å². The summed E-state index contributed by atoms with van der Waals surface area (Å²) in [6.45, 7) is 2.28. The number of benzene rings is 1. The molecular weight excluding hydrogens is 222 g/mol. The summed E-state index contributed by atoms with van der Waals surface area (Å²) in [6.07, 6.45) is 2.55. The largest absolute Gasteiger partial charge is 0.481 e. The van der Waals surface area contributed by atoms with Crippen LogP contribution in [0.2, 0.25) is 0 Å². The molecule has 0 spiro atoms. The van der Waals surface area contributed by atoms with E-state index in [0.717, 1.165) is 18.0 Å². The van der Waals surface area contributed by atoms with E-state index >= 15 is 0 Å². The van der Waals surface area contributed by atoms with Crippen molar-refractivity contribution in [2.45, 2.75) is 17.7 Å². The lowest BCUT2D eigenvalue weighted by molar-refractivity contribution is -0.133. The summed E-state index contributed by atoms with van der Waals surface area (Å²) in [6, 6.07) is 8.16. The van der Waals surface area contributed by atoms with E-state index in [1.54, 1.807) is 0 Å². The number of rotatable bonds is 4. The fraction of sp³-hybridized carbons (Fsp3) is 0.417. The van der Waals surface area contributed by atoms with Gasteiger partial charge < -0.3 is 10.0 Å². The maximum absolute atomic E-state index is 10.4. The molecular formula is C12H15NO2S. The van der Waals surface area contributed by atoms with E-state index in [0.29, 0.717) is 0 Å². The first kappa shape index (κ1) is 11.3. The lowest BCUT2D eigenvalue weighted by atomic mass is 10.3. The van der Waals surface area contributed by atoms with E-state index in [9.17, 15) is 4.79 Å². The maximum Gasteiger partial charge on any atom is 0.313 e. The number of carbonyl (C=O) groups is 1. The number of aliphatic carboxylic acids is 1. The maximum atomic E-state index is 10.4. The minimum absolute atomic E-state index is 0.128. The van der Waals surface area contributed by atoms with Crippen molar-refractivity contribution in [1.82, 2.24) is 0 Å². The Morgan fingerprint density at radius 2 is 1.88 bits per heavy atom. The molecule has 1 fully saturated rings. The van der Waals surface area contributed by atoms with Crippen molar-refractivity contribution in [2.24, 2.45) is 0 Å². The first-order valence-electron chi connectivity index (χ1n) is 5.45. The Hall–Kier alpha value is -1.16. The molecule has 1 heterocycles. The predicted molar refractivity (Wildman–Crippen MR) is 66.2 cm³/mol. The van der Waals surface area contributed by atoms with Crippen molar-refractivity contribution in [2.75, 3.05) is 23.7 Å². The fourth-order valence-electron chi connectivity index (χ4n) is 1.87. The second kappa shape index (κ2) is 5.25. The van der Waals surface area contributed by atoms with Gasteiger partial charge in [0.25, 0.3) is 0 Å². The topological polar surface area (TPSA) is 40.5 Å². The zero-order chi connectivity index (χ0) is 11.4. The summed E-state index contributed by atoms with van der Waals surface area (Å²) in [7, 11) is 0. The molecule has 1 aliphatic heterocycles.